The number of halogens is 2. The Morgan fingerprint density at radius 2 is 1.59 bits per heavy atom. The van der Waals surface area contributed by atoms with Crippen molar-refractivity contribution < 1.29 is 19.1 Å². The summed E-state index contributed by atoms with van der Waals surface area (Å²) in [6.45, 7) is 2.72. The van der Waals surface area contributed by atoms with Gasteiger partial charge < -0.3 is 9.47 Å². The zero-order valence-electron chi connectivity index (χ0n) is 18.3. The van der Waals surface area contributed by atoms with E-state index in [2.05, 4.69) is 0 Å². The van der Waals surface area contributed by atoms with Crippen LogP contribution in [0.15, 0.2) is 71.6 Å². The molecule has 1 aliphatic heterocycles. The zero-order chi connectivity index (χ0) is 24.1. The molecule has 4 rings (SSSR count). The van der Waals surface area contributed by atoms with Crippen molar-refractivity contribution in [2.24, 2.45) is 0 Å². The molecule has 0 radical (unpaired) electrons. The quantitative estimate of drug-likeness (QED) is 0.303. The van der Waals surface area contributed by atoms with Crippen LogP contribution in [-0.2, 0) is 11.4 Å². The number of amides is 2. The van der Waals surface area contributed by atoms with Gasteiger partial charge in [0.1, 0.15) is 24.7 Å². The highest BCUT2D eigenvalue weighted by Crippen LogP contribution is 2.32. The summed E-state index contributed by atoms with van der Waals surface area (Å²) in [5.74, 6) is 1.04. The largest absolute Gasteiger partial charge is 0.492 e. The summed E-state index contributed by atoms with van der Waals surface area (Å²) in [6, 6.07) is 20.1. The number of thioether (sulfide) groups is 1. The Bertz CT molecular complexity index is 1230. The van der Waals surface area contributed by atoms with Gasteiger partial charge in [0.15, 0.2) is 0 Å². The summed E-state index contributed by atoms with van der Waals surface area (Å²) in [5.41, 5.74) is 2.75. The predicted molar refractivity (Wildman–Crippen MR) is 137 cm³/mol. The smallest absolute Gasteiger partial charge is 0.293 e. The summed E-state index contributed by atoms with van der Waals surface area (Å²) < 4.78 is 11.4. The van der Waals surface area contributed by atoms with Gasteiger partial charge in [0.25, 0.3) is 11.1 Å². The zero-order valence-corrected chi connectivity index (χ0v) is 20.6. The van der Waals surface area contributed by atoms with Gasteiger partial charge >= 0.3 is 0 Å². The highest BCUT2D eigenvalue weighted by molar-refractivity contribution is 8.18. The van der Waals surface area contributed by atoms with Crippen LogP contribution in [0.1, 0.15) is 16.7 Å². The van der Waals surface area contributed by atoms with E-state index in [1.165, 1.54) is 4.90 Å². The number of hydrogen-bond acceptors (Lipinski definition) is 5. The third-order valence-corrected chi connectivity index (χ3v) is 6.56. The van der Waals surface area contributed by atoms with Crippen molar-refractivity contribution in [3.63, 3.8) is 0 Å². The maximum absolute atomic E-state index is 12.7. The third-order valence-electron chi connectivity index (χ3n) is 5.07. The number of carbonyl (C=O) groups excluding carboxylic acids is 2. The molecule has 0 unspecified atom stereocenters. The van der Waals surface area contributed by atoms with Gasteiger partial charge in [-0.2, -0.15) is 0 Å². The molecular formula is C26H21Cl2NO4S. The number of rotatable bonds is 8. The topological polar surface area (TPSA) is 55.8 Å². The average Bonchev–Trinajstić information content (AvgIpc) is 3.08. The van der Waals surface area contributed by atoms with Gasteiger partial charge in [-0.25, -0.2) is 0 Å². The molecule has 0 aliphatic carbocycles. The predicted octanol–water partition coefficient (Wildman–Crippen LogP) is 7.00. The van der Waals surface area contributed by atoms with Crippen LogP contribution in [0, 0.1) is 6.92 Å². The molecule has 0 spiro atoms. The van der Waals surface area contributed by atoms with E-state index in [1.54, 1.807) is 30.3 Å². The van der Waals surface area contributed by atoms with E-state index in [0.717, 1.165) is 28.5 Å². The Hall–Kier alpha value is -2.93. The number of hydrogen-bond donors (Lipinski definition) is 0. The lowest BCUT2D eigenvalue weighted by atomic mass is 10.2. The highest BCUT2D eigenvalue weighted by Gasteiger charge is 2.34. The van der Waals surface area contributed by atoms with Crippen LogP contribution >= 0.6 is 35.0 Å². The lowest BCUT2D eigenvalue weighted by Gasteiger charge is -2.13. The average molecular weight is 514 g/mol. The molecule has 3 aromatic carbocycles. The van der Waals surface area contributed by atoms with Crippen molar-refractivity contribution in [2.45, 2.75) is 13.5 Å². The summed E-state index contributed by atoms with van der Waals surface area (Å²) >= 11 is 13.0. The van der Waals surface area contributed by atoms with Gasteiger partial charge in [-0.05, 0) is 66.7 Å². The number of imide groups is 1. The SMILES string of the molecule is Cc1ccc(OCCN2C(=O)S/C(=C\c3ccc(OCc4ccc(Cl)cc4Cl)cc3)C2=O)cc1. The molecule has 3 aromatic rings. The summed E-state index contributed by atoms with van der Waals surface area (Å²) in [7, 11) is 0. The second kappa shape index (κ2) is 11.0. The van der Waals surface area contributed by atoms with E-state index >= 15 is 0 Å². The van der Waals surface area contributed by atoms with Gasteiger partial charge in [-0.3, -0.25) is 14.5 Å². The van der Waals surface area contributed by atoms with E-state index in [-0.39, 0.29) is 24.3 Å². The van der Waals surface area contributed by atoms with Gasteiger partial charge in [0.05, 0.1) is 11.4 Å². The lowest BCUT2D eigenvalue weighted by molar-refractivity contribution is -0.123. The molecule has 0 aromatic heterocycles. The molecule has 0 atom stereocenters. The molecule has 0 bridgehead atoms. The van der Waals surface area contributed by atoms with Crippen LogP contribution in [0.4, 0.5) is 4.79 Å². The Morgan fingerprint density at radius 1 is 0.912 bits per heavy atom. The monoisotopic (exact) mass is 513 g/mol. The lowest BCUT2D eigenvalue weighted by Crippen LogP contribution is -2.32. The van der Waals surface area contributed by atoms with E-state index < -0.39 is 0 Å². The molecule has 34 heavy (non-hydrogen) atoms. The van der Waals surface area contributed by atoms with Crippen LogP contribution in [0.5, 0.6) is 11.5 Å². The van der Waals surface area contributed by atoms with Gasteiger partial charge in [-0.1, -0.05) is 59.1 Å². The summed E-state index contributed by atoms with van der Waals surface area (Å²) in [5, 5.41) is 0.814. The second-order valence-electron chi connectivity index (χ2n) is 7.59. The van der Waals surface area contributed by atoms with Gasteiger partial charge in [-0.15, -0.1) is 0 Å². The minimum Gasteiger partial charge on any atom is -0.492 e. The fourth-order valence-corrected chi connectivity index (χ4v) is 4.52. The van der Waals surface area contributed by atoms with Gasteiger partial charge in [0.2, 0.25) is 0 Å². The number of ether oxygens (including phenoxy) is 2. The van der Waals surface area contributed by atoms with Crippen LogP contribution in [0.3, 0.4) is 0 Å². The molecule has 1 fully saturated rings. The van der Waals surface area contributed by atoms with Crippen LogP contribution in [-0.4, -0.2) is 29.2 Å². The minimum atomic E-state index is -0.319. The first-order valence-electron chi connectivity index (χ1n) is 10.5. The van der Waals surface area contributed by atoms with Crippen molar-refractivity contribution in [3.8, 4) is 11.5 Å². The first-order chi connectivity index (χ1) is 16.4. The Kier molecular flexibility index (Phi) is 7.83. The van der Waals surface area contributed by atoms with Crippen molar-refractivity contribution in [3.05, 3.63) is 98.4 Å². The van der Waals surface area contributed by atoms with Crippen molar-refractivity contribution in [2.75, 3.05) is 13.2 Å². The first kappa shape index (κ1) is 24.2. The maximum Gasteiger partial charge on any atom is 0.293 e. The molecular weight excluding hydrogens is 493 g/mol. The second-order valence-corrected chi connectivity index (χ2v) is 9.43. The highest BCUT2D eigenvalue weighted by atomic mass is 35.5. The Labute approximate surface area is 212 Å². The molecule has 0 saturated carbocycles. The fraction of sp³-hybridized carbons (Fsp3) is 0.154. The number of aryl methyl sites for hydroxylation is 1. The maximum atomic E-state index is 12.7. The van der Waals surface area contributed by atoms with Crippen molar-refractivity contribution in [1.29, 1.82) is 0 Å². The van der Waals surface area contributed by atoms with E-state index in [9.17, 15) is 9.59 Å². The molecule has 5 nitrogen and oxygen atoms in total. The molecule has 2 amide bonds. The normalized spacial score (nSPS) is 14.7. The van der Waals surface area contributed by atoms with Gasteiger partial charge in [0, 0.05) is 15.6 Å². The molecule has 1 heterocycles. The molecule has 0 N–H and O–H groups in total. The number of benzene rings is 3. The standard InChI is InChI=1S/C26H21Cl2NO4S/c1-17-2-8-21(9-3-17)32-13-12-29-25(30)24(34-26(29)31)14-18-4-10-22(11-5-18)33-16-19-6-7-20(27)15-23(19)28/h2-11,14-15H,12-13,16H2,1H3/b24-14-. The molecule has 174 valence electrons. The fourth-order valence-electron chi connectivity index (χ4n) is 3.19. The summed E-state index contributed by atoms with van der Waals surface area (Å²) in [6.07, 6.45) is 1.70. The van der Waals surface area contributed by atoms with Crippen molar-refractivity contribution >= 4 is 52.2 Å². The minimum absolute atomic E-state index is 0.190. The number of carbonyl (C=O) groups is 2. The third kappa shape index (κ3) is 6.14. The molecule has 1 saturated heterocycles. The van der Waals surface area contributed by atoms with Crippen molar-refractivity contribution in [1.82, 2.24) is 4.90 Å². The Morgan fingerprint density at radius 3 is 2.29 bits per heavy atom. The van der Waals surface area contributed by atoms with E-state index in [0.29, 0.717) is 33.1 Å². The number of nitrogens with zero attached hydrogens (tertiary/aromatic N) is 1. The summed E-state index contributed by atoms with van der Waals surface area (Å²) in [4.78, 5) is 26.6. The first-order valence-corrected chi connectivity index (χ1v) is 12.1. The van der Waals surface area contributed by atoms with E-state index in [4.69, 9.17) is 32.7 Å². The van der Waals surface area contributed by atoms with Crippen LogP contribution in [0.2, 0.25) is 10.0 Å². The van der Waals surface area contributed by atoms with Crippen LogP contribution < -0.4 is 9.47 Å². The van der Waals surface area contributed by atoms with Crippen LogP contribution in [0.25, 0.3) is 6.08 Å². The molecule has 1 aliphatic rings. The molecule has 8 heteroatoms. The van der Waals surface area contributed by atoms with E-state index in [1.807, 2.05) is 49.4 Å². The Balaban J connectivity index is 1.32.